The Morgan fingerprint density at radius 1 is 1.33 bits per heavy atom. The van der Waals surface area contributed by atoms with Crippen molar-refractivity contribution in [2.24, 2.45) is 5.16 Å². The Morgan fingerprint density at radius 3 is 2.81 bits per heavy atom. The number of rotatable bonds is 7. The number of β-lactam (4-membered cyclic amide) rings is 1. The highest BCUT2D eigenvalue weighted by atomic mass is 32.2. The molecule has 2 aliphatic rings. The molecule has 13 heteroatoms. The second-order valence-corrected chi connectivity index (χ2v) is 10.0. The predicted molar refractivity (Wildman–Crippen MR) is 131 cm³/mol. The maximum Gasteiger partial charge on any atom is 0.276 e. The van der Waals surface area contributed by atoms with Crippen molar-refractivity contribution < 1.29 is 28.9 Å². The van der Waals surface area contributed by atoms with E-state index in [2.05, 4.69) is 15.5 Å². The number of benzene rings is 1. The number of hydrogen-bond donors (Lipinski definition) is 2. The van der Waals surface area contributed by atoms with E-state index in [1.165, 1.54) is 23.8 Å². The Labute approximate surface area is 213 Å². The number of carboxylic acids is 1. The number of fused-ring (bicyclic) bond motifs is 2. The molecule has 11 nitrogen and oxygen atoms in total. The van der Waals surface area contributed by atoms with Gasteiger partial charge < -0.3 is 25.8 Å². The van der Waals surface area contributed by atoms with Gasteiger partial charge in [-0.2, -0.15) is 0 Å². The number of oxime groups is 1. The number of nitrogens with zero attached hydrogens (tertiary/aromatic N) is 4. The lowest BCUT2D eigenvalue weighted by Crippen LogP contribution is -2.71. The van der Waals surface area contributed by atoms with Gasteiger partial charge in [-0.25, -0.2) is 9.55 Å². The summed E-state index contributed by atoms with van der Waals surface area (Å²) in [6, 6.07) is 8.85. The quantitative estimate of drug-likeness (QED) is 0.184. The van der Waals surface area contributed by atoms with Crippen LogP contribution in [-0.2, 0) is 25.8 Å². The molecule has 36 heavy (non-hydrogen) atoms. The zero-order valence-corrected chi connectivity index (χ0v) is 20.5. The number of aromatic nitrogens is 2. The summed E-state index contributed by atoms with van der Waals surface area (Å²) in [6.45, 7) is 0.282. The van der Waals surface area contributed by atoms with Gasteiger partial charge in [0.25, 0.3) is 11.8 Å². The molecule has 184 valence electrons. The Hall–Kier alpha value is -3.97. The average molecular weight is 525 g/mol. The Bertz CT molecular complexity index is 1450. The van der Waals surface area contributed by atoms with E-state index < -0.39 is 29.2 Å². The number of nitrogen functional groups attached to an aromatic ring is 1. The molecule has 0 spiro atoms. The molecule has 3 N–H and O–H groups in total. The first-order valence-electron chi connectivity index (χ1n) is 10.8. The molecule has 0 saturated carbocycles. The zero-order valence-electron chi connectivity index (χ0n) is 18.9. The van der Waals surface area contributed by atoms with Crippen molar-refractivity contribution in [2.75, 3.05) is 18.6 Å². The minimum absolute atomic E-state index is 0.137. The van der Waals surface area contributed by atoms with Crippen LogP contribution >= 0.6 is 23.1 Å². The van der Waals surface area contributed by atoms with Gasteiger partial charge in [-0.3, -0.25) is 14.5 Å². The molecule has 2 aromatic heterocycles. The number of carbonyl (C=O) groups is 3. The van der Waals surface area contributed by atoms with Crippen LogP contribution in [0.15, 0.2) is 64.5 Å². The van der Waals surface area contributed by atoms with Gasteiger partial charge in [-0.15, -0.1) is 23.1 Å². The van der Waals surface area contributed by atoms with Crippen molar-refractivity contribution in [3.63, 3.8) is 0 Å². The molecule has 0 radical (unpaired) electrons. The smallest absolute Gasteiger partial charge is 0.276 e. The number of nitrogens with two attached hydrogens (primary N) is 1. The van der Waals surface area contributed by atoms with Gasteiger partial charge in [-0.05, 0) is 11.5 Å². The van der Waals surface area contributed by atoms with E-state index in [-0.39, 0.29) is 28.8 Å². The van der Waals surface area contributed by atoms with Gasteiger partial charge >= 0.3 is 0 Å². The lowest BCUT2D eigenvalue weighted by molar-refractivity contribution is -0.687. The number of pyridine rings is 1. The SMILES string of the molecule is CO/N=C(\C(=O)NC1C(=O)N2C(C(=O)[O-])=C(C[n+]3ccc4ccccc4c3)CS[C@H]12)c1csc(N)n1. The maximum absolute atomic E-state index is 13.0. The van der Waals surface area contributed by atoms with Crippen molar-refractivity contribution >= 4 is 62.5 Å². The lowest BCUT2D eigenvalue weighted by atomic mass is 10.0. The molecule has 1 unspecified atom stereocenters. The molecule has 0 aliphatic carbocycles. The number of aliphatic carboxylic acids is 1. The van der Waals surface area contributed by atoms with Crippen LogP contribution in [0.25, 0.3) is 10.8 Å². The van der Waals surface area contributed by atoms with Gasteiger partial charge in [0.1, 0.15) is 24.2 Å². The zero-order chi connectivity index (χ0) is 25.4. The highest BCUT2D eigenvalue weighted by Crippen LogP contribution is 2.40. The van der Waals surface area contributed by atoms with Crippen molar-refractivity contribution in [3.8, 4) is 0 Å². The largest absolute Gasteiger partial charge is 0.543 e. The summed E-state index contributed by atoms with van der Waals surface area (Å²) in [4.78, 5) is 47.9. The first-order valence-corrected chi connectivity index (χ1v) is 12.7. The summed E-state index contributed by atoms with van der Waals surface area (Å²) < 4.78 is 1.87. The Kier molecular flexibility index (Phi) is 6.33. The summed E-state index contributed by atoms with van der Waals surface area (Å²) in [7, 11) is 1.28. The van der Waals surface area contributed by atoms with Crippen LogP contribution in [-0.4, -0.2) is 57.7 Å². The predicted octanol–water partition coefficient (Wildman–Crippen LogP) is -0.379. The number of hydrogen-bond acceptors (Lipinski definition) is 10. The van der Waals surface area contributed by atoms with Gasteiger partial charge in [0, 0.05) is 28.2 Å². The van der Waals surface area contributed by atoms with E-state index in [1.807, 2.05) is 47.3 Å². The molecule has 1 fully saturated rings. The lowest BCUT2D eigenvalue weighted by Gasteiger charge is -2.50. The molecule has 2 aliphatic heterocycles. The molecule has 0 bridgehead atoms. The van der Waals surface area contributed by atoms with E-state index in [4.69, 9.17) is 10.6 Å². The molecule has 3 aromatic rings. The maximum atomic E-state index is 13.0. The van der Waals surface area contributed by atoms with Crippen LogP contribution in [0.5, 0.6) is 0 Å². The van der Waals surface area contributed by atoms with Crippen LogP contribution in [0.2, 0.25) is 0 Å². The van der Waals surface area contributed by atoms with Crippen LogP contribution in [0.4, 0.5) is 5.13 Å². The number of thioether (sulfide) groups is 1. The number of carbonyl (C=O) groups excluding carboxylic acids is 3. The van der Waals surface area contributed by atoms with E-state index in [9.17, 15) is 19.5 Å². The van der Waals surface area contributed by atoms with Gasteiger partial charge in [0.15, 0.2) is 29.8 Å². The molecule has 1 aromatic carbocycles. The molecular formula is C23H20N6O5S2. The second-order valence-electron chi connectivity index (χ2n) is 8.04. The number of carboxylic acid groups (broad SMARTS) is 1. The van der Waals surface area contributed by atoms with E-state index >= 15 is 0 Å². The fraction of sp³-hybridized carbons (Fsp3) is 0.217. The summed E-state index contributed by atoms with van der Waals surface area (Å²) in [5.41, 5.74) is 6.11. The summed E-state index contributed by atoms with van der Waals surface area (Å²) in [5, 5.41) is 21.7. The van der Waals surface area contributed by atoms with Crippen LogP contribution < -0.4 is 20.7 Å². The molecule has 1 saturated heterocycles. The van der Waals surface area contributed by atoms with Gasteiger partial charge in [0.05, 0.1) is 11.7 Å². The number of anilines is 1. The first-order chi connectivity index (χ1) is 17.4. The van der Waals surface area contributed by atoms with Crippen molar-refractivity contribution in [2.45, 2.75) is 18.0 Å². The minimum atomic E-state index is -1.44. The van der Waals surface area contributed by atoms with Crippen LogP contribution in [0.3, 0.4) is 0 Å². The fourth-order valence-electron chi connectivity index (χ4n) is 4.19. The normalized spacial score (nSPS) is 19.6. The highest BCUT2D eigenvalue weighted by molar-refractivity contribution is 8.00. The number of nitrogens with one attached hydrogen (secondary N) is 1. The first kappa shape index (κ1) is 23.8. The highest BCUT2D eigenvalue weighted by Gasteiger charge is 2.53. The fourth-order valence-corrected chi connectivity index (χ4v) is 6.07. The Balaban J connectivity index is 1.36. The average Bonchev–Trinajstić information content (AvgIpc) is 3.30. The summed E-state index contributed by atoms with van der Waals surface area (Å²) >= 11 is 2.50. The van der Waals surface area contributed by atoms with E-state index in [1.54, 1.807) is 5.38 Å². The number of thiazole rings is 1. The molecule has 2 amide bonds. The summed E-state index contributed by atoms with van der Waals surface area (Å²) in [6.07, 6.45) is 3.79. The third-order valence-corrected chi connectivity index (χ3v) is 7.82. The van der Waals surface area contributed by atoms with Gasteiger partial charge in [-0.1, -0.05) is 23.4 Å². The third kappa shape index (κ3) is 4.27. The number of amides is 2. The van der Waals surface area contributed by atoms with Gasteiger partial charge in [0.2, 0.25) is 0 Å². The van der Waals surface area contributed by atoms with Crippen molar-refractivity contribution in [1.29, 1.82) is 0 Å². The van der Waals surface area contributed by atoms with E-state index in [0.717, 1.165) is 22.1 Å². The molecule has 4 heterocycles. The second kappa shape index (κ2) is 9.59. The molecule has 5 rings (SSSR count). The minimum Gasteiger partial charge on any atom is -0.543 e. The van der Waals surface area contributed by atoms with Crippen LogP contribution in [0.1, 0.15) is 5.69 Å². The topological polar surface area (TPSA) is 154 Å². The summed E-state index contributed by atoms with van der Waals surface area (Å²) in [5.74, 6) is -2.31. The van der Waals surface area contributed by atoms with Crippen molar-refractivity contribution in [3.05, 3.63) is 65.1 Å². The third-order valence-electron chi connectivity index (χ3n) is 5.81. The molecule has 2 atom stereocenters. The molecular weight excluding hydrogens is 504 g/mol. The standard InChI is InChI=1S/C23H20N6O5S2/c1-34-27-16(15-11-36-23(24)25-15)19(30)26-17-20(31)29-18(22(32)33)14(10-35-21(17)29)9-28-7-6-12-4-2-3-5-13(12)8-28/h2-8,11,17,21H,9-10H2,1H3,(H3-,24,25,26,30,32,33)/b27-16-/t17?,21-/m1/s1. The van der Waals surface area contributed by atoms with Crippen molar-refractivity contribution in [1.82, 2.24) is 15.2 Å². The van der Waals surface area contributed by atoms with Crippen LogP contribution in [0, 0.1) is 0 Å². The Morgan fingerprint density at radius 2 is 2.11 bits per heavy atom. The monoisotopic (exact) mass is 524 g/mol. The van der Waals surface area contributed by atoms with E-state index in [0.29, 0.717) is 11.3 Å².